The lowest BCUT2D eigenvalue weighted by Gasteiger charge is -2.38. The Morgan fingerprint density at radius 3 is 2.55 bits per heavy atom. The molecule has 0 radical (unpaired) electrons. The first-order chi connectivity index (χ1) is 10.7. The van der Waals surface area contributed by atoms with Gasteiger partial charge >= 0.3 is 0 Å². The SMILES string of the molecule is S=C1NCN(CCc2ccccc2)CN1c1ccccc1Cl. The van der Waals surface area contributed by atoms with Crippen LogP contribution in [0.5, 0.6) is 0 Å². The number of anilines is 1. The molecule has 1 aliphatic rings. The average Bonchev–Trinajstić information content (AvgIpc) is 2.56. The number of rotatable bonds is 4. The standard InChI is InChI=1S/C17H18ClN3S/c18-15-8-4-5-9-16(15)21-13-20(12-19-17(21)22)11-10-14-6-2-1-3-7-14/h1-9H,10-13H2,(H,19,22). The van der Waals surface area contributed by atoms with Crippen LogP contribution in [0, 0.1) is 0 Å². The summed E-state index contributed by atoms with van der Waals surface area (Å²) in [6, 6.07) is 18.3. The topological polar surface area (TPSA) is 18.5 Å². The second-order valence-corrected chi connectivity index (χ2v) is 6.08. The fourth-order valence-electron chi connectivity index (χ4n) is 2.53. The molecule has 1 N–H and O–H groups in total. The number of benzene rings is 2. The van der Waals surface area contributed by atoms with Gasteiger partial charge in [-0.25, -0.2) is 0 Å². The fraction of sp³-hybridized carbons (Fsp3) is 0.235. The second-order valence-electron chi connectivity index (χ2n) is 5.29. The lowest BCUT2D eigenvalue weighted by atomic mass is 10.1. The van der Waals surface area contributed by atoms with Gasteiger partial charge in [-0.1, -0.05) is 54.1 Å². The number of nitrogens with zero attached hydrogens (tertiary/aromatic N) is 2. The summed E-state index contributed by atoms with van der Waals surface area (Å²) in [7, 11) is 0. The molecular weight excluding hydrogens is 314 g/mol. The first kappa shape index (κ1) is 15.3. The van der Waals surface area contributed by atoms with Gasteiger partial charge in [0.2, 0.25) is 0 Å². The molecule has 1 saturated heterocycles. The quantitative estimate of drug-likeness (QED) is 0.864. The van der Waals surface area contributed by atoms with Crippen LogP contribution in [0.15, 0.2) is 54.6 Å². The molecule has 0 bridgehead atoms. The molecule has 0 aromatic heterocycles. The summed E-state index contributed by atoms with van der Waals surface area (Å²) < 4.78 is 0. The second kappa shape index (κ2) is 7.09. The van der Waals surface area contributed by atoms with Crippen LogP contribution in [0.2, 0.25) is 5.02 Å². The molecule has 1 fully saturated rings. The van der Waals surface area contributed by atoms with Crippen molar-refractivity contribution in [2.45, 2.75) is 6.42 Å². The van der Waals surface area contributed by atoms with Crippen LogP contribution >= 0.6 is 23.8 Å². The van der Waals surface area contributed by atoms with E-state index in [1.165, 1.54) is 5.56 Å². The molecule has 114 valence electrons. The minimum atomic E-state index is 0.719. The molecule has 0 unspecified atom stereocenters. The van der Waals surface area contributed by atoms with Crippen molar-refractivity contribution in [1.82, 2.24) is 10.2 Å². The van der Waals surface area contributed by atoms with Crippen molar-refractivity contribution >= 4 is 34.6 Å². The summed E-state index contributed by atoms with van der Waals surface area (Å²) >= 11 is 11.7. The van der Waals surface area contributed by atoms with Gasteiger partial charge in [-0.3, -0.25) is 4.90 Å². The van der Waals surface area contributed by atoms with Crippen molar-refractivity contribution in [2.75, 3.05) is 24.8 Å². The Labute approximate surface area is 141 Å². The van der Waals surface area contributed by atoms with E-state index in [0.717, 1.165) is 42.1 Å². The van der Waals surface area contributed by atoms with Crippen LogP contribution in [0.25, 0.3) is 0 Å². The highest BCUT2D eigenvalue weighted by atomic mass is 35.5. The van der Waals surface area contributed by atoms with Gasteiger partial charge in [0.1, 0.15) is 0 Å². The zero-order chi connectivity index (χ0) is 15.4. The molecule has 2 aromatic carbocycles. The molecule has 3 rings (SSSR count). The Hall–Kier alpha value is -1.62. The molecule has 2 aromatic rings. The molecule has 5 heteroatoms. The van der Waals surface area contributed by atoms with Gasteiger partial charge in [0.15, 0.2) is 5.11 Å². The van der Waals surface area contributed by atoms with Crippen LogP contribution < -0.4 is 10.2 Å². The summed E-state index contributed by atoms with van der Waals surface area (Å²) in [5, 5.41) is 4.71. The van der Waals surface area contributed by atoms with E-state index in [9.17, 15) is 0 Å². The van der Waals surface area contributed by atoms with Crippen LogP contribution in [0.4, 0.5) is 5.69 Å². The third-order valence-corrected chi connectivity index (χ3v) is 4.43. The van der Waals surface area contributed by atoms with E-state index in [1.54, 1.807) is 0 Å². The van der Waals surface area contributed by atoms with E-state index >= 15 is 0 Å². The molecule has 1 aliphatic heterocycles. The van der Waals surface area contributed by atoms with Crippen molar-refractivity contribution < 1.29 is 0 Å². The maximum absolute atomic E-state index is 6.30. The normalized spacial score (nSPS) is 15.7. The van der Waals surface area contributed by atoms with E-state index < -0.39 is 0 Å². The predicted octanol–water partition coefficient (Wildman–Crippen LogP) is 3.49. The Morgan fingerprint density at radius 1 is 1.05 bits per heavy atom. The molecule has 0 amide bonds. The van der Waals surface area contributed by atoms with Gasteiger partial charge in [0.25, 0.3) is 0 Å². The third-order valence-electron chi connectivity index (χ3n) is 3.74. The molecule has 22 heavy (non-hydrogen) atoms. The smallest absolute Gasteiger partial charge is 0.175 e. The van der Waals surface area contributed by atoms with Crippen molar-refractivity contribution in [3.05, 3.63) is 65.2 Å². The minimum absolute atomic E-state index is 0.719. The summed E-state index contributed by atoms with van der Waals surface area (Å²) in [5.74, 6) is 0. The van der Waals surface area contributed by atoms with Crippen molar-refractivity contribution in [2.24, 2.45) is 0 Å². The summed E-state index contributed by atoms with van der Waals surface area (Å²) in [5.41, 5.74) is 2.30. The Kier molecular flexibility index (Phi) is 4.93. The lowest BCUT2D eigenvalue weighted by molar-refractivity contribution is 0.264. The maximum Gasteiger partial charge on any atom is 0.175 e. The number of hydrogen-bond acceptors (Lipinski definition) is 2. The van der Waals surface area contributed by atoms with E-state index in [2.05, 4.69) is 34.5 Å². The number of thiocarbonyl (C=S) groups is 1. The van der Waals surface area contributed by atoms with Gasteiger partial charge in [0.05, 0.1) is 24.0 Å². The largest absolute Gasteiger partial charge is 0.349 e. The highest BCUT2D eigenvalue weighted by molar-refractivity contribution is 7.80. The van der Waals surface area contributed by atoms with Crippen molar-refractivity contribution in [3.8, 4) is 0 Å². The zero-order valence-corrected chi connectivity index (χ0v) is 13.8. The molecule has 0 spiro atoms. The van der Waals surface area contributed by atoms with Crippen LogP contribution in [-0.4, -0.2) is 29.9 Å². The number of nitrogens with one attached hydrogen (secondary N) is 1. The first-order valence-electron chi connectivity index (χ1n) is 7.30. The summed E-state index contributed by atoms with van der Waals surface area (Å²) in [4.78, 5) is 4.37. The van der Waals surface area contributed by atoms with Crippen molar-refractivity contribution in [3.63, 3.8) is 0 Å². The van der Waals surface area contributed by atoms with Gasteiger partial charge < -0.3 is 10.2 Å². The minimum Gasteiger partial charge on any atom is -0.349 e. The Balaban J connectivity index is 1.66. The lowest BCUT2D eigenvalue weighted by Crippen LogP contribution is -2.56. The van der Waals surface area contributed by atoms with Crippen LogP contribution in [0.3, 0.4) is 0 Å². The van der Waals surface area contributed by atoms with Crippen molar-refractivity contribution in [1.29, 1.82) is 0 Å². The summed E-state index contributed by atoms with van der Waals surface area (Å²) in [6.45, 7) is 2.50. The van der Waals surface area contributed by atoms with Gasteiger partial charge in [-0.05, 0) is 36.3 Å². The number of para-hydroxylation sites is 1. The van der Waals surface area contributed by atoms with E-state index in [4.69, 9.17) is 23.8 Å². The van der Waals surface area contributed by atoms with Crippen LogP contribution in [-0.2, 0) is 6.42 Å². The summed E-state index contributed by atoms with van der Waals surface area (Å²) in [6.07, 6.45) is 1.02. The Bertz CT molecular complexity index is 647. The molecule has 0 saturated carbocycles. The first-order valence-corrected chi connectivity index (χ1v) is 8.09. The number of halogens is 1. The van der Waals surface area contributed by atoms with Crippen LogP contribution in [0.1, 0.15) is 5.56 Å². The highest BCUT2D eigenvalue weighted by Crippen LogP contribution is 2.26. The Morgan fingerprint density at radius 2 is 1.77 bits per heavy atom. The monoisotopic (exact) mass is 331 g/mol. The van der Waals surface area contributed by atoms with E-state index in [-0.39, 0.29) is 0 Å². The third kappa shape index (κ3) is 3.58. The van der Waals surface area contributed by atoms with Gasteiger partial charge in [-0.2, -0.15) is 0 Å². The average molecular weight is 332 g/mol. The number of hydrogen-bond donors (Lipinski definition) is 1. The zero-order valence-electron chi connectivity index (χ0n) is 12.2. The molecule has 0 aliphatic carbocycles. The molecular formula is C17H18ClN3S. The predicted molar refractivity (Wildman–Crippen MR) is 96.3 cm³/mol. The molecule has 1 heterocycles. The van der Waals surface area contributed by atoms with E-state index in [1.807, 2.05) is 35.2 Å². The van der Waals surface area contributed by atoms with E-state index in [0.29, 0.717) is 0 Å². The fourth-order valence-corrected chi connectivity index (χ4v) is 2.99. The van der Waals surface area contributed by atoms with Gasteiger partial charge in [-0.15, -0.1) is 0 Å². The molecule has 0 atom stereocenters. The maximum atomic E-state index is 6.30. The van der Waals surface area contributed by atoms with Gasteiger partial charge in [0, 0.05) is 6.54 Å². The highest BCUT2D eigenvalue weighted by Gasteiger charge is 2.22. The molecule has 3 nitrogen and oxygen atoms in total.